The molecule has 0 radical (unpaired) electrons. The van der Waals surface area contributed by atoms with E-state index in [-0.39, 0.29) is 18.1 Å². The van der Waals surface area contributed by atoms with Crippen LogP contribution in [-0.2, 0) is 0 Å². The number of rotatable bonds is 6. The summed E-state index contributed by atoms with van der Waals surface area (Å²) >= 11 is 5.97. The van der Waals surface area contributed by atoms with E-state index in [0.717, 1.165) is 29.7 Å². The molecular weight excluding hydrogens is 336 g/mol. The maximum Gasteiger partial charge on any atom is 0.315 e. The summed E-state index contributed by atoms with van der Waals surface area (Å²) in [6.45, 7) is 1.95. The molecule has 0 bridgehead atoms. The first-order valence-electron chi connectivity index (χ1n) is 8.54. The highest BCUT2D eigenvalue weighted by atomic mass is 35.5. The summed E-state index contributed by atoms with van der Waals surface area (Å²) in [5, 5.41) is 6.83. The van der Waals surface area contributed by atoms with Crippen molar-refractivity contribution in [1.29, 1.82) is 0 Å². The Kier molecular flexibility index (Phi) is 5.49. The Morgan fingerprint density at radius 3 is 2.44 bits per heavy atom. The number of halogens is 1. The van der Waals surface area contributed by atoms with Gasteiger partial charge >= 0.3 is 6.03 Å². The highest BCUT2D eigenvalue weighted by molar-refractivity contribution is 6.30. The number of methoxy groups -OCH3 is 1. The normalized spacial score (nSPS) is 16.0. The Morgan fingerprint density at radius 1 is 1.12 bits per heavy atom. The molecular formula is C20H23ClN2O2. The van der Waals surface area contributed by atoms with Gasteiger partial charge in [-0.2, -0.15) is 0 Å². The quantitative estimate of drug-likeness (QED) is 0.774. The van der Waals surface area contributed by atoms with Crippen LogP contribution >= 0.6 is 11.6 Å². The number of amides is 2. The highest BCUT2D eigenvalue weighted by Crippen LogP contribution is 2.41. The van der Waals surface area contributed by atoms with E-state index in [1.54, 1.807) is 7.11 Å². The zero-order chi connectivity index (χ0) is 17.8. The van der Waals surface area contributed by atoms with Gasteiger partial charge in [-0.05, 0) is 49.4 Å². The van der Waals surface area contributed by atoms with Crippen molar-refractivity contribution in [1.82, 2.24) is 10.6 Å². The first kappa shape index (κ1) is 17.6. The molecule has 25 heavy (non-hydrogen) atoms. The zero-order valence-electron chi connectivity index (χ0n) is 14.5. The van der Waals surface area contributed by atoms with Gasteiger partial charge in [0.25, 0.3) is 0 Å². The lowest BCUT2D eigenvalue weighted by Gasteiger charge is -2.22. The van der Waals surface area contributed by atoms with Crippen molar-refractivity contribution in [2.24, 2.45) is 5.92 Å². The second-order valence-corrected chi connectivity index (χ2v) is 6.88. The molecule has 0 saturated heterocycles. The molecule has 2 atom stereocenters. The van der Waals surface area contributed by atoms with Crippen molar-refractivity contribution in [2.75, 3.05) is 7.11 Å². The Hall–Kier alpha value is -2.20. The molecule has 0 aromatic heterocycles. The number of hydrogen-bond donors (Lipinski definition) is 2. The first-order chi connectivity index (χ1) is 12.1. The van der Waals surface area contributed by atoms with Gasteiger partial charge < -0.3 is 15.4 Å². The van der Waals surface area contributed by atoms with Crippen LogP contribution in [-0.4, -0.2) is 13.1 Å². The molecule has 2 aromatic rings. The maximum absolute atomic E-state index is 12.5. The molecule has 2 N–H and O–H groups in total. The third-order valence-corrected chi connectivity index (χ3v) is 4.81. The molecule has 1 aliphatic rings. The number of para-hydroxylation sites is 1. The first-order valence-corrected chi connectivity index (χ1v) is 8.91. The molecule has 132 valence electrons. The molecule has 4 nitrogen and oxygen atoms in total. The van der Waals surface area contributed by atoms with E-state index in [2.05, 4.69) is 10.6 Å². The monoisotopic (exact) mass is 358 g/mol. The number of carbonyl (C=O) groups excluding carboxylic acids is 1. The van der Waals surface area contributed by atoms with Gasteiger partial charge in [0.2, 0.25) is 0 Å². The summed E-state index contributed by atoms with van der Waals surface area (Å²) in [5.41, 5.74) is 2.04. The molecule has 1 fully saturated rings. The lowest BCUT2D eigenvalue weighted by atomic mass is 10.0. The summed E-state index contributed by atoms with van der Waals surface area (Å²) in [5.74, 6) is 1.26. The second kappa shape index (κ2) is 7.79. The molecule has 2 amide bonds. The van der Waals surface area contributed by atoms with E-state index in [1.807, 2.05) is 55.5 Å². The van der Waals surface area contributed by atoms with E-state index in [1.165, 1.54) is 0 Å². The largest absolute Gasteiger partial charge is 0.496 e. The summed E-state index contributed by atoms with van der Waals surface area (Å²) in [6.07, 6.45) is 2.27. The minimum absolute atomic E-state index is 0.0159. The molecule has 2 unspecified atom stereocenters. The van der Waals surface area contributed by atoms with Gasteiger partial charge in [-0.25, -0.2) is 4.79 Å². The highest BCUT2D eigenvalue weighted by Gasteiger charge is 2.33. The van der Waals surface area contributed by atoms with E-state index >= 15 is 0 Å². The number of nitrogens with one attached hydrogen (secondary N) is 2. The second-order valence-electron chi connectivity index (χ2n) is 6.45. The average molecular weight is 359 g/mol. The van der Waals surface area contributed by atoms with Crippen LogP contribution in [0.1, 0.15) is 43.0 Å². The van der Waals surface area contributed by atoms with Gasteiger partial charge in [0.1, 0.15) is 5.75 Å². The van der Waals surface area contributed by atoms with Gasteiger partial charge in [0.05, 0.1) is 19.2 Å². The Labute approximate surface area is 153 Å². The molecule has 0 heterocycles. The smallest absolute Gasteiger partial charge is 0.315 e. The average Bonchev–Trinajstić information content (AvgIpc) is 3.45. The molecule has 2 aromatic carbocycles. The molecule has 0 spiro atoms. The molecule has 5 heteroatoms. The predicted octanol–water partition coefficient (Wildman–Crippen LogP) is 4.86. The van der Waals surface area contributed by atoms with Crippen LogP contribution in [0.4, 0.5) is 4.79 Å². The van der Waals surface area contributed by atoms with E-state index in [0.29, 0.717) is 10.9 Å². The van der Waals surface area contributed by atoms with Crippen LogP contribution in [0.5, 0.6) is 5.75 Å². The lowest BCUT2D eigenvalue weighted by molar-refractivity contribution is 0.232. The number of benzene rings is 2. The maximum atomic E-state index is 12.5. The van der Waals surface area contributed by atoms with Crippen molar-refractivity contribution in [3.63, 3.8) is 0 Å². The van der Waals surface area contributed by atoms with Crippen molar-refractivity contribution in [3.8, 4) is 5.75 Å². The van der Waals surface area contributed by atoms with Gasteiger partial charge in [0, 0.05) is 10.6 Å². The van der Waals surface area contributed by atoms with Gasteiger partial charge in [-0.15, -0.1) is 0 Å². The zero-order valence-corrected chi connectivity index (χ0v) is 15.2. The third kappa shape index (κ3) is 4.45. The van der Waals surface area contributed by atoms with Crippen LogP contribution in [0.3, 0.4) is 0 Å². The SMILES string of the molecule is COc1ccccc1C(C)NC(=O)NC(c1ccc(Cl)cc1)C1CC1. The van der Waals surface area contributed by atoms with Crippen molar-refractivity contribution < 1.29 is 9.53 Å². The van der Waals surface area contributed by atoms with E-state index < -0.39 is 0 Å². The van der Waals surface area contributed by atoms with Crippen LogP contribution < -0.4 is 15.4 Å². The number of hydrogen-bond acceptors (Lipinski definition) is 2. The van der Waals surface area contributed by atoms with Gasteiger partial charge in [-0.3, -0.25) is 0 Å². The summed E-state index contributed by atoms with van der Waals surface area (Å²) in [6, 6.07) is 15.1. The van der Waals surface area contributed by atoms with Gasteiger partial charge in [0.15, 0.2) is 0 Å². The van der Waals surface area contributed by atoms with Crippen LogP contribution in [0.15, 0.2) is 48.5 Å². The van der Waals surface area contributed by atoms with Crippen LogP contribution in [0, 0.1) is 5.92 Å². The minimum Gasteiger partial charge on any atom is -0.496 e. The molecule has 1 aliphatic carbocycles. The van der Waals surface area contributed by atoms with Crippen molar-refractivity contribution >= 4 is 17.6 Å². The Morgan fingerprint density at radius 2 is 1.80 bits per heavy atom. The molecule has 0 aliphatic heterocycles. The molecule has 1 saturated carbocycles. The summed E-state index contributed by atoms with van der Waals surface area (Å²) < 4.78 is 5.37. The summed E-state index contributed by atoms with van der Waals surface area (Å²) in [7, 11) is 1.63. The van der Waals surface area contributed by atoms with E-state index in [9.17, 15) is 4.79 Å². The topological polar surface area (TPSA) is 50.4 Å². The number of ether oxygens (including phenoxy) is 1. The van der Waals surface area contributed by atoms with Crippen molar-refractivity contribution in [2.45, 2.75) is 31.8 Å². The van der Waals surface area contributed by atoms with Gasteiger partial charge in [-0.1, -0.05) is 41.9 Å². The minimum atomic E-state index is -0.176. The fourth-order valence-corrected chi connectivity index (χ4v) is 3.18. The van der Waals surface area contributed by atoms with Crippen LogP contribution in [0.25, 0.3) is 0 Å². The molecule has 3 rings (SSSR count). The standard InChI is InChI=1S/C20H23ClN2O2/c1-13(17-5-3-4-6-18(17)25-2)22-20(24)23-19(14-7-8-14)15-9-11-16(21)12-10-15/h3-6,9-14,19H,7-8H2,1-2H3,(H2,22,23,24). The number of carbonyl (C=O) groups is 1. The predicted molar refractivity (Wildman–Crippen MR) is 100.0 cm³/mol. The van der Waals surface area contributed by atoms with Crippen LogP contribution in [0.2, 0.25) is 5.02 Å². The van der Waals surface area contributed by atoms with Crippen molar-refractivity contribution in [3.05, 3.63) is 64.7 Å². The number of urea groups is 1. The Balaban J connectivity index is 1.67. The Bertz CT molecular complexity index is 729. The lowest BCUT2D eigenvalue weighted by Crippen LogP contribution is -2.40. The fourth-order valence-electron chi connectivity index (χ4n) is 3.05. The summed E-state index contributed by atoms with van der Waals surface area (Å²) in [4.78, 5) is 12.5. The third-order valence-electron chi connectivity index (χ3n) is 4.56. The fraction of sp³-hybridized carbons (Fsp3) is 0.350. The van der Waals surface area contributed by atoms with E-state index in [4.69, 9.17) is 16.3 Å².